The highest BCUT2D eigenvalue weighted by molar-refractivity contribution is 5.92. The molecule has 6 nitrogen and oxygen atoms in total. The zero-order valence-electron chi connectivity index (χ0n) is 14.6. The quantitative estimate of drug-likeness (QED) is 0.872. The number of anilines is 1. The Kier molecular flexibility index (Phi) is 5.33. The van der Waals surface area contributed by atoms with Crippen LogP contribution < -0.4 is 10.2 Å². The van der Waals surface area contributed by atoms with Crippen molar-refractivity contribution in [2.45, 2.75) is 19.9 Å². The molecular formula is C18H24FN5O. The van der Waals surface area contributed by atoms with Crippen molar-refractivity contribution >= 4 is 11.6 Å². The number of aromatic nitrogens is 2. The van der Waals surface area contributed by atoms with E-state index in [0.717, 1.165) is 44.0 Å². The molecule has 1 atom stereocenters. The van der Waals surface area contributed by atoms with Crippen molar-refractivity contribution in [2.24, 2.45) is 0 Å². The monoisotopic (exact) mass is 345 g/mol. The Bertz CT molecular complexity index is 710. The second-order valence-electron chi connectivity index (χ2n) is 6.29. The number of aromatic amines is 1. The fourth-order valence-electron chi connectivity index (χ4n) is 3.20. The van der Waals surface area contributed by atoms with E-state index in [1.807, 2.05) is 13.0 Å². The van der Waals surface area contributed by atoms with E-state index in [1.165, 1.54) is 18.3 Å². The van der Waals surface area contributed by atoms with Gasteiger partial charge >= 0.3 is 0 Å². The summed E-state index contributed by atoms with van der Waals surface area (Å²) in [6, 6.07) is 6.10. The van der Waals surface area contributed by atoms with Crippen LogP contribution in [0.5, 0.6) is 0 Å². The summed E-state index contributed by atoms with van der Waals surface area (Å²) in [7, 11) is 0. The van der Waals surface area contributed by atoms with E-state index < -0.39 is 0 Å². The molecule has 1 fully saturated rings. The number of benzene rings is 1. The highest BCUT2D eigenvalue weighted by Crippen LogP contribution is 2.28. The summed E-state index contributed by atoms with van der Waals surface area (Å²) >= 11 is 0. The molecule has 1 aromatic heterocycles. The fourth-order valence-corrected chi connectivity index (χ4v) is 3.20. The summed E-state index contributed by atoms with van der Waals surface area (Å²) in [5.41, 5.74) is 2.16. The van der Waals surface area contributed by atoms with E-state index in [1.54, 1.807) is 6.07 Å². The zero-order chi connectivity index (χ0) is 17.8. The van der Waals surface area contributed by atoms with Gasteiger partial charge in [-0.15, -0.1) is 0 Å². The van der Waals surface area contributed by atoms with E-state index in [4.69, 9.17) is 0 Å². The largest absolute Gasteiger partial charge is 0.369 e. The molecule has 1 aliphatic rings. The fraction of sp³-hybridized carbons (Fsp3) is 0.444. The molecule has 0 spiro atoms. The van der Waals surface area contributed by atoms with Gasteiger partial charge in [-0.2, -0.15) is 5.10 Å². The highest BCUT2D eigenvalue weighted by atomic mass is 19.1. The van der Waals surface area contributed by atoms with Crippen LogP contribution in [0, 0.1) is 5.82 Å². The van der Waals surface area contributed by atoms with Gasteiger partial charge in [-0.1, -0.05) is 6.92 Å². The van der Waals surface area contributed by atoms with Gasteiger partial charge < -0.3 is 15.1 Å². The lowest BCUT2D eigenvalue weighted by molar-refractivity contribution is 0.0935. The molecule has 2 aromatic rings. The molecule has 1 saturated heterocycles. The number of carbonyl (C=O) groups is 1. The molecular weight excluding hydrogens is 321 g/mol. The Balaban J connectivity index is 1.78. The summed E-state index contributed by atoms with van der Waals surface area (Å²) in [6.07, 6.45) is 1.53. The summed E-state index contributed by atoms with van der Waals surface area (Å²) in [5.74, 6) is -0.551. The Morgan fingerprint density at radius 3 is 2.72 bits per heavy atom. The Morgan fingerprint density at radius 2 is 2.08 bits per heavy atom. The number of nitrogens with zero attached hydrogens (tertiary/aromatic N) is 3. The van der Waals surface area contributed by atoms with E-state index in [0.29, 0.717) is 5.69 Å². The predicted octanol–water partition coefficient (Wildman–Crippen LogP) is 2.18. The van der Waals surface area contributed by atoms with Crippen molar-refractivity contribution in [3.8, 4) is 0 Å². The standard InChI is InChI=1S/C18H24FN5O/c1-3-23-8-10-24(11-9-23)17-5-4-14(19)12-15(17)13(2)21-18(25)16-6-7-20-22-16/h4-7,12-13H,3,8-11H2,1-2H3,(H,20,22)(H,21,25). The Labute approximate surface area is 147 Å². The second-order valence-corrected chi connectivity index (χ2v) is 6.29. The third-order valence-corrected chi connectivity index (χ3v) is 4.71. The highest BCUT2D eigenvalue weighted by Gasteiger charge is 2.22. The molecule has 2 heterocycles. The van der Waals surface area contributed by atoms with Gasteiger partial charge in [0, 0.05) is 43.6 Å². The number of piperazine rings is 1. The first kappa shape index (κ1) is 17.4. The van der Waals surface area contributed by atoms with Crippen molar-refractivity contribution in [3.05, 3.63) is 47.5 Å². The van der Waals surface area contributed by atoms with Crippen molar-refractivity contribution in [1.29, 1.82) is 0 Å². The molecule has 134 valence electrons. The van der Waals surface area contributed by atoms with Crippen LogP contribution in [0.2, 0.25) is 0 Å². The normalized spacial score (nSPS) is 16.7. The lowest BCUT2D eigenvalue weighted by Crippen LogP contribution is -2.46. The smallest absolute Gasteiger partial charge is 0.269 e. The molecule has 1 aromatic carbocycles. The molecule has 0 saturated carbocycles. The first-order valence-corrected chi connectivity index (χ1v) is 8.65. The number of carbonyl (C=O) groups excluding carboxylic acids is 1. The number of hydrogen-bond acceptors (Lipinski definition) is 4. The molecule has 1 unspecified atom stereocenters. The third kappa shape index (κ3) is 3.99. The molecule has 1 aliphatic heterocycles. The number of rotatable bonds is 5. The van der Waals surface area contributed by atoms with Gasteiger partial charge in [-0.05, 0) is 37.7 Å². The van der Waals surface area contributed by atoms with Gasteiger partial charge in [0.05, 0.1) is 6.04 Å². The number of amides is 1. The molecule has 25 heavy (non-hydrogen) atoms. The maximum absolute atomic E-state index is 13.8. The van der Waals surface area contributed by atoms with Crippen LogP contribution in [-0.2, 0) is 0 Å². The van der Waals surface area contributed by atoms with Crippen LogP contribution in [0.1, 0.15) is 35.9 Å². The van der Waals surface area contributed by atoms with Crippen molar-refractivity contribution in [2.75, 3.05) is 37.6 Å². The van der Waals surface area contributed by atoms with Gasteiger partial charge in [0.15, 0.2) is 0 Å². The van der Waals surface area contributed by atoms with Crippen LogP contribution in [0.15, 0.2) is 30.5 Å². The SMILES string of the molecule is CCN1CCN(c2ccc(F)cc2C(C)NC(=O)c2ccn[nH]2)CC1. The summed E-state index contributed by atoms with van der Waals surface area (Å²) < 4.78 is 13.8. The minimum atomic E-state index is -0.314. The molecule has 2 N–H and O–H groups in total. The third-order valence-electron chi connectivity index (χ3n) is 4.71. The molecule has 0 aliphatic carbocycles. The van der Waals surface area contributed by atoms with E-state index in [-0.39, 0.29) is 17.8 Å². The first-order chi connectivity index (χ1) is 12.1. The van der Waals surface area contributed by atoms with Gasteiger partial charge in [0.25, 0.3) is 5.91 Å². The zero-order valence-corrected chi connectivity index (χ0v) is 14.6. The average molecular weight is 345 g/mol. The summed E-state index contributed by atoms with van der Waals surface area (Å²) in [6.45, 7) is 8.84. The lowest BCUT2D eigenvalue weighted by Gasteiger charge is -2.37. The molecule has 7 heteroatoms. The van der Waals surface area contributed by atoms with Crippen LogP contribution in [-0.4, -0.2) is 53.7 Å². The van der Waals surface area contributed by atoms with Crippen LogP contribution in [0.3, 0.4) is 0 Å². The van der Waals surface area contributed by atoms with Crippen molar-refractivity contribution in [1.82, 2.24) is 20.4 Å². The van der Waals surface area contributed by atoms with Gasteiger partial charge in [-0.25, -0.2) is 4.39 Å². The maximum atomic E-state index is 13.8. The summed E-state index contributed by atoms with van der Waals surface area (Å²) in [4.78, 5) is 16.9. The van der Waals surface area contributed by atoms with Crippen LogP contribution in [0.4, 0.5) is 10.1 Å². The topological polar surface area (TPSA) is 64.3 Å². The van der Waals surface area contributed by atoms with Crippen molar-refractivity contribution < 1.29 is 9.18 Å². The first-order valence-electron chi connectivity index (χ1n) is 8.65. The maximum Gasteiger partial charge on any atom is 0.269 e. The number of nitrogens with one attached hydrogen (secondary N) is 2. The average Bonchev–Trinajstić information content (AvgIpc) is 3.16. The van der Waals surface area contributed by atoms with Gasteiger partial charge in [0.2, 0.25) is 0 Å². The second kappa shape index (κ2) is 7.65. The minimum absolute atomic E-state index is 0.254. The van der Waals surface area contributed by atoms with Gasteiger partial charge in [0.1, 0.15) is 11.5 Å². The van der Waals surface area contributed by atoms with E-state index in [9.17, 15) is 9.18 Å². The van der Waals surface area contributed by atoms with Gasteiger partial charge in [-0.3, -0.25) is 9.89 Å². The van der Waals surface area contributed by atoms with Crippen LogP contribution >= 0.6 is 0 Å². The number of halogens is 1. The number of hydrogen-bond donors (Lipinski definition) is 2. The molecule has 0 radical (unpaired) electrons. The lowest BCUT2D eigenvalue weighted by atomic mass is 10.0. The van der Waals surface area contributed by atoms with Crippen molar-refractivity contribution in [3.63, 3.8) is 0 Å². The van der Waals surface area contributed by atoms with E-state index in [2.05, 4.69) is 32.2 Å². The Morgan fingerprint density at radius 1 is 1.32 bits per heavy atom. The number of H-pyrrole nitrogens is 1. The molecule has 0 bridgehead atoms. The predicted molar refractivity (Wildman–Crippen MR) is 95.2 cm³/mol. The summed E-state index contributed by atoms with van der Waals surface area (Å²) in [5, 5.41) is 9.34. The molecule has 3 rings (SSSR count). The van der Waals surface area contributed by atoms with Crippen LogP contribution in [0.25, 0.3) is 0 Å². The molecule has 1 amide bonds. The Hall–Kier alpha value is -2.41. The number of likely N-dealkylation sites (N-methyl/N-ethyl adjacent to an activating group) is 1. The van der Waals surface area contributed by atoms with E-state index >= 15 is 0 Å². The minimum Gasteiger partial charge on any atom is -0.369 e.